The van der Waals surface area contributed by atoms with Crippen LogP contribution in [0.3, 0.4) is 0 Å². The maximum Gasteiger partial charge on any atom is 0.0713 e. The van der Waals surface area contributed by atoms with Gasteiger partial charge in [-0.05, 0) is 104 Å². The summed E-state index contributed by atoms with van der Waals surface area (Å²) >= 11 is 1.86. The van der Waals surface area contributed by atoms with Gasteiger partial charge in [0.15, 0.2) is 0 Å². The van der Waals surface area contributed by atoms with E-state index in [1.807, 2.05) is 11.3 Å². The van der Waals surface area contributed by atoms with Crippen molar-refractivity contribution in [3.05, 3.63) is 247 Å². The summed E-state index contributed by atoms with van der Waals surface area (Å²) in [5.41, 5.74) is 15.5. The highest BCUT2D eigenvalue weighted by Crippen LogP contribution is 2.56. The average molecular weight is 744 g/mol. The molecular formula is C55H37NS. The number of anilines is 3. The Balaban J connectivity index is 1.06. The highest BCUT2D eigenvalue weighted by molar-refractivity contribution is 7.25. The van der Waals surface area contributed by atoms with Crippen molar-refractivity contribution >= 4 is 48.6 Å². The molecule has 0 bridgehead atoms. The lowest BCUT2D eigenvalue weighted by Gasteiger charge is -2.33. The molecule has 1 aliphatic carbocycles. The molecule has 9 aromatic carbocycles. The lowest BCUT2D eigenvalue weighted by atomic mass is 9.67. The maximum atomic E-state index is 2.42. The van der Waals surface area contributed by atoms with E-state index < -0.39 is 5.41 Å². The summed E-state index contributed by atoms with van der Waals surface area (Å²) in [4.78, 5) is 2.40. The van der Waals surface area contributed by atoms with E-state index in [1.165, 1.54) is 75.8 Å². The Labute approximate surface area is 337 Å². The van der Waals surface area contributed by atoms with Gasteiger partial charge in [0.25, 0.3) is 0 Å². The molecule has 0 unspecified atom stereocenters. The van der Waals surface area contributed by atoms with Crippen LogP contribution in [0.4, 0.5) is 17.1 Å². The van der Waals surface area contributed by atoms with Crippen LogP contribution in [0.25, 0.3) is 53.6 Å². The van der Waals surface area contributed by atoms with Gasteiger partial charge in [-0.2, -0.15) is 0 Å². The first-order valence-corrected chi connectivity index (χ1v) is 20.4. The molecule has 268 valence electrons. The Kier molecular flexibility index (Phi) is 7.98. The van der Waals surface area contributed by atoms with Crippen LogP contribution in [-0.4, -0.2) is 0 Å². The maximum absolute atomic E-state index is 2.42. The summed E-state index contributed by atoms with van der Waals surface area (Å²) in [6, 6.07) is 82.4. The number of hydrogen-bond acceptors (Lipinski definition) is 2. The zero-order valence-corrected chi connectivity index (χ0v) is 32.0. The van der Waals surface area contributed by atoms with Gasteiger partial charge in [0.1, 0.15) is 0 Å². The van der Waals surface area contributed by atoms with Gasteiger partial charge in [-0.3, -0.25) is 0 Å². The number of hydrogen-bond donors (Lipinski definition) is 0. The van der Waals surface area contributed by atoms with Gasteiger partial charge >= 0.3 is 0 Å². The van der Waals surface area contributed by atoms with Crippen LogP contribution in [0.1, 0.15) is 22.3 Å². The van der Waals surface area contributed by atoms with E-state index in [0.29, 0.717) is 0 Å². The molecule has 0 aliphatic heterocycles. The van der Waals surface area contributed by atoms with Crippen LogP contribution >= 0.6 is 11.3 Å². The van der Waals surface area contributed by atoms with Gasteiger partial charge in [-0.25, -0.2) is 0 Å². The molecule has 57 heavy (non-hydrogen) atoms. The molecule has 0 N–H and O–H groups in total. The molecule has 1 nitrogen and oxygen atoms in total. The fourth-order valence-corrected chi connectivity index (χ4v) is 10.3. The van der Waals surface area contributed by atoms with Gasteiger partial charge in [-0.1, -0.05) is 176 Å². The minimum Gasteiger partial charge on any atom is -0.310 e. The molecule has 2 heteroatoms. The largest absolute Gasteiger partial charge is 0.310 e. The number of rotatable bonds is 7. The standard InChI is InChI=1S/C55H37NS/c1-4-15-38(16-5-1)39-27-30-44(31-28-39)56(46-32-33-49-48-24-11-13-26-53(48)57-54(49)37-46)45-22-14-17-40(35-45)41-29-34-52-50(36-41)47-23-10-12-25-51(47)55(52,42-18-6-2-7-19-42)43-20-8-3-9-21-43/h1-37H. The fraction of sp³-hybridized carbons (Fsp3) is 0.0182. The number of nitrogens with zero attached hydrogens (tertiary/aromatic N) is 1. The first-order chi connectivity index (χ1) is 28.3. The molecule has 11 rings (SSSR count). The second-order valence-corrected chi connectivity index (χ2v) is 15.9. The number of benzene rings is 9. The predicted octanol–water partition coefficient (Wildman–Crippen LogP) is 15.2. The second kappa shape index (κ2) is 13.6. The Morgan fingerprint density at radius 2 is 0.860 bits per heavy atom. The van der Waals surface area contributed by atoms with Crippen LogP contribution in [-0.2, 0) is 5.41 Å². The third-order valence-electron chi connectivity index (χ3n) is 11.7. The van der Waals surface area contributed by atoms with Gasteiger partial charge < -0.3 is 4.90 Å². The zero-order chi connectivity index (χ0) is 37.8. The van der Waals surface area contributed by atoms with E-state index >= 15 is 0 Å². The van der Waals surface area contributed by atoms with Crippen molar-refractivity contribution in [3.63, 3.8) is 0 Å². The minimum absolute atomic E-state index is 0.414. The molecule has 0 fully saturated rings. The molecule has 0 saturated heterocycles. The quantitative estimate of drug-likeness (QED) is 0.157. The van der Waals surface area contributed by atoms with E-state index in [4.69, 9.17) is 0 Å². The minimum atomic E-state index is -0.414. The molecule has 0 atom stereocenters. The van der Waals surface area contributed by atoms with E-state index in [2.05, 4.69) is 229 Å². The summed E-state index contributed by atoms with van der Waals surface area (Å²) in [6.45, 7) is 0. The van der Waals surface area contributed by atoms with E-state index in [9.17, 15) is 0 Å². The molecule has 1 aromatic heterocycles. The fourth-order valence-electron chi connectivity index (χ4n) is 9.19. The monoisotopic (exact) mass is 743 g/mol. The van der Waals surface area contributed by atoms with E-state index in [1.54, 1.807) is 0 Å². The first kappa shape index (κ1) is 33.3. The van der Waals surface area contributed by atoms with Crippen molar-refractivity contribution in [2.45, 2.75) is 5.41 Å². The summed E-state index contributed by atoms with van der Waals surface area (Å²) in [7, 11) is 0. The van der Waals surface area contributed by atoms with Gasteiger partial charge in [0, 0.05) is 37.2 Å². The first-order valence-electron chi connectivity index (χ1n) is 19.6. The van der Waals surface area contributed by atoms with Crippen molar-refractivity contribution < 1.29 is 0 Å². The summed E-state index contributed by atoms with van der Waals surface area (Å²) < 4.78 is 2.60. The molecule has 0 amide bonds. The number of thiophene rings is 1. The molecule has 0 radical (unpaired) electrons. The average Bonchev–Trinajstić information content (AvgIpc) is 3.81. The molecule has 1 heterocycles. The molecule has 10 aromatic rings. The Morgan fingerprint density at radius 3 is 1.63 bits per heavy atom. The SMILES string of the molecule is c1ccc(-c2ccc(N(c3cccc(-c4ccc5c(c4)-c4ccccc4C5(c4ccccc4)c4ccccc4)c3)c3ccc4c(c3)sc3ccccc34)cc2)cc1. The Morgan fingerprint density at radius 1 is 0.316 bits per heavy atom. The van der Waals surface area contributed by atoms with Crippen molar-refractivity contribution in [3.8, 4) is 33.4 Å². The molecule has 0 saturated carbocycles. The third-order valence-corrected chi connectivity index (χ3v) is 12.9. The molecular weight excluding hydrogens is 707 g/mol. The van der Waals surface area contributed by atoms with Crippen LogP contribution in [0.5, 0.6) is 0 Å². The predicted molar refractivity (Wildman–Crippen MR) is 242 cm³/mol. The normalized spacial score (nSPS) is 12.7. The third kappa shape index (κ3) is 5.44. The Bertz CT molecular complexity index is 3020. The summed E-state index contributed by atoms with van der Waals surface area (Å²) in [5.74, 6) is 0. The smallest absolute Gasteiger partial charge is 0.0713 e. The second-order valence-electron chi connectivity index (χ2n) is 14.9. The lowest BCUT2D eigenvalue weighted by Crippen LogP contribution is -2.28. The highest BCUT2D eigenvalue weighted by atomic mass is 32.1. The zero-order valence-electron chi connectivity index (χ0n) is 31.2. The summed E-state index contributed by atoms with van der Waals surface area (Å²) in [6.07, 6.45) is 0. The van der Waals surface area contributed by atoms with Gasteiger partial charge in [0.05, 0.1) is 5.41 Å². The van der Waals surface area contributed by atoms with Crippen molar-refractivity contribution in [1.29, 1.82) is 0 Å². The van der Waals surface area contributed by atoms with Crippen LogP contribution in [0.2, 0.25) is 0 Å². The van der Waals surface area contributed by atoms with E-state index in [0.717, 1.165) is 17.1 Å². The molecule has 1 aliphatic rings. The van der Waals surface area contributed by atoms with Crippen LogP contribution in [0, 0.1) is 0 Å². The summed E-state index contributed by atoms with van der Waals surface area (Å²) in [5, 5.41) is 2.61. The molecule has 0 spiro atoms. The highest BCUT2D eigenvalue weighted by Gasteiger charge is 2.45. The van der Waals surface area contributed by atoms with Crippen LogP contribution < -0.4 is 4.90 Å². The van der Waals surface area contributed by atoms with Gasteiger partial charge in [0.2, 0.25) is 0 Å². The van der Waals surface area contributed by atoms with Crippen molar-refractivity contribution in [2.24, 2.45) is 0 Å². The topological polar surface area (TPSA) is 3.24 Å². The van der Waals surface area contributed by atoms with E-state index in [-0.39, 0.29) is 0 Å². The lowest BCUT2D eigenvalue weighted by molar-refractivity contribution is 0.768. The van der Waals surface area contributed by atoms with Crippen LogP contribution in [0.15, 0.2) is 224 Å². The van der Waals surface area contributed by atoms with Gasteiger partial charge in [-0.15, -0.1) is 11.3 Å². The number of fused-ring (bicyclic) bond motifs is 6. The Hall–Kier alpha value is -7.00. The van der Waals surface area contributed by atoms with Crippen molar-refractivity contribution in [1.82, 2.24) is 0 Å². The van der Waals surface area contributed by atoms with Crippen molar-refractivity contribution in [2.75, 3.05) is 4.90 Å².